The largest absolute Gasteiger partial charge is 0.346 e. The molecule has 1 aromatic heterocycles. The summed E-state index contributed by atoms with van der Waals surface area (Å²) in [4.78, 5) is 16.2. The Morgan fingerprint density at radius 1 is 1.19 bits per heavy atom. The van der Waals surface area contributed by atoms with Gasteiger partial charge in [0.15, 0.2) is 0 Å². The lowest BCUT2D eigenvalue weighted by atomic mass is 9.77. The van der Waals surface area contributed by atoms with Crippen molar-refractivity contribution in [2.75, 3.05) is 13.1 Å². The molecule has 3 nitrogen and oxygen atoms in total. The number of nitrogens with zero attached hydrogens (tertiary/aromatic N) is 1. The number of halogens is 2. The van der Waals surface area contributed by atoms with Gasteiger partial charge < -0.3 is 5.32 Å². The summed E-state index contributed by atoms with van der Waals surface area (Å²) in [7, 11) is 0. The molecule has 1 aromatic carbocycles. The molecular formula is C21H24ClFN2OS. The van der Waals surface area contributed by atoms with Crippen LogP contribution in [0.2, 0.25) is 0 Å². The van der Waals surface area contributed by atoms with E-state index < -0.39 is 0 Å². The summed E-state index contributed by atoms with van der Waals surface area (Å²) in [6, 6.07) is 6.04. The fourth-order valence-electron chi connectivity index (χ4n) is 5.44. The predicted molar refractivity (Wildman–Crippen MR) is 109 cm³/mol. The average Bonchev–Trinajstić information content (AvgIpc) is 3.58. The third-order valence-corrected chi connectivity index (χ3v) is 8.31. The van der Waals surface area contributed by atoms with Gasteiger partial charge in [0, 0.05) is 5.54 Å². The topological polar surface area (TPSA) is 32.3 Å². The second kappa shape index (κ2) is 6.16. The fraction of sp³-hybridized carbons (Fsp3) is 0.571. The lowest BCUT2D eigenvalue weighted by Crippen LogP contribution is -2.65. The summed E-state index contributed by atoms with van der Waals surface area (Å²) < 4.78 is 15.5. The molecule has 7 rings (SSSR count). The molecule has 6 heteroatoms. The average molecular weight is 407 g/mol. The van der Waals surface area contributed by atoms with E-state index in [9.17, 15) is 9.18 Å². The Kier molecular flexibility index (Phi) is 4.09. The normalized spacial score (nSPS) is 30.3. The Morgan fingerprint density at radius 3 is 2.59 bits per heavy atom. The van der Waals surface area contributed by atoms with Crippen molar-refractivity contribution in [3.63, 3.8) is 0 Å². The van der Waals surface area contributed by atoms with Crippen molar-refractivity contribution in [3.8, 4) is 0 Å². The maximum atomic E-state index is 14.8. The second-order valence-electron chi connectivity index (χ2n) is 8.65. The highest BCUT2D eigenvalue weighted by Crippen LogP contribution is 2.53. The van der Waals surface area contributed by atoms with Gasteiger partial charge in [-0.25, -0.2) is 4.39 Å². The number of fused-ring (bicyclic) bond motifs is 3. The molecule has 4 heterocycles. The number of carbonyl (C=O) groups is 1. The lowest BCUT2D eigenvalue weighted by Gasteiger charge is -2.52. The number of amides is 1. The number of hydrogen-bond donors (Lipinski definition) is 1. The third-order valence-electron chi connectivity index (χ3n) is 7.17. The smallest absolute Gasteiger partial charge is 0.261 e. The van der Waals surface area contributed by atoms with E-state index >= 15 is 0 Å². The summed E-state index contributed by atoms with van der Waals surface area (Å²) in [5.74, 6) is 0.888. The fourth-order valence-corrected chi connectivity index (χ4v) is 6.45. The Labute approximate surface area is 168 Å². The first-order chi connectivity index (χ1) is 12.7. The van der Waals surface area contributed by atoms with Crippen molar-refractivity contribution in [3.05, 3.63) is 34.5 Å². The Balaban J connectivity index is 0.00000160. The zero-order valence-corrected chi connectivity index (χ0v) is 16.8. The van der Waals surface area contributed by atoms with Gasteiger partial charge in [0.2, 0.25) is 0 Å². The van der Waals surface area contributed by atoms with Crippen molar-refractivity contribution >= 4 is 39.7 Å². The molecule has 1 spiro atoms. The van der Waals surface area contributed by atoms with Crippen molar-refractivity contribution < 1.29 is 9.18 Å². The molecule has 5 aliphatic rings. The lowest BCUT2D eigenvalue weighted by molar-refractivity contribution is -0.00138. The van der Waals surface area contributed by atoms with Crippen molar-refractivity contribution in [1.82, 2.24) is 10.2 Å². The van der Waals surface area contributed by atoms with Crippen LogP contribution in [0.4, 0.5) is 4.39 Å². The Hall–Kier alpha value is -1.17. The van der Waals surface area contributed by atoms with Crippen LogP contribution in [0.25, 0.3) is 10.1 Å². The third kappa shape index (κ3) is 2.65. The molecule has 3 aliphatic heterocycles. The molecule has 1 atom stereocenters. The van der Waals surface area contributed by atoms with Crippen LogP contribution < -0.4 is 5.32 Å². The van der Waals surface area contributed by atoms with Crippen LogP contribution in [0.15, 0.2) is 18.2 Å². The number of piperidine rings is 3. The molecule has 2 saturated carbocycles. The van der Waals surface area contributed by atoms with E-state index in [2.05, 4.69) is 10.2 Å². The molecule has 2 aliphatic carbocycles. The molecule has 0 radical (unpaired) electrons. The van der Waals surface area contributed by atoms with Crippen LogP contribution in [0, 0.1) is 11.7 Å². The van der Waals surface area contributed by atoms with Crippen LogP contribution in [0.5, 0.6) is 0 Å². The minimum absolute atomic E-state index is 0. The van der Waals surface area contributed by atoms with Gasteiger partial charge >= 0.3 is 0 Å². The van der Waals surface area contributed by atoms with Crippen LogP contribution >= 0.6 is 23.7 Å². The number of benzene rings is 1. The molecule has 144 valence electrons. The van der Waals surface area contributed by atoms with Gasteiger partial charge in [-0.15, -0.1) is 23.7 Å². The van der Waals surface area contributed by atoms with E-state index in [0.717, 1.165) is 23.8 Å². The van der Waals surface area contributed by atoms with Gasteiger partial charge in [-0.05, 0) is 80.5 Å². The Morgan fingerprint density at radius 2 is 1.93 bits per heavy atom. The van der Waals surface area contributed by atoms with Crippen LogP contribution in [0.1, 0.15) is 59.7 Å². The standard InChI is InChI=1S/C21H23FN2OS.ClH/c22-17-15(12-1-2-12)4-3-14-11-16(26-18(14)17)20(25)23-19-13-5-9-24(10-6-13)21(19)7-8-21;/h3-4,11-13,19H,1-2,5-10H2,(H,23,25);1H/t19-;/m1./s1. The van der Waals surface area contributed by atoms with Gasteiger partial charge in [-0.1, -0.05) is 12.1 Å². The molecule has 1 amide bonds. The molecular weight excluding hydrogens is 383 g/mol. The van der Waals surface area contributed by atoms with Gasteiger partial charge in [0.1, 0.15) is 5.82 Å². The zero-order chi connectivity index (χ0) is 17.5. The van der Waals surface area contributed by atoms with E-state index in [1.807, 2.05) is 18.2 Å². The second-order valence-corrected chi connectivity index (χ2v) is 9.70. The van der Waals surface area contributed by atoms with Crippen LogP contribution in [-0.4, -0.2) is 35.5 Å². The summed E-state index contributed by atoms with van der Waals surface area (Å²) in [6.45, 7) is 2.38. The van der Waals surface area contributed by atoms with E-state index in [-0.39, 0.29) is 35.7 Å². The zero-order valence-electron chi connectivity index (χ0n) is 15.2. The van der Waals surface area contributed by atoms with Gasteiger partial charge in [0.05, 0.1) is 15.6 Å². The van der Waals surface area contributed by atoms with Crippen LogP contribution in [0.3, 0.4) is 0 Å². The van der Waals surface area contributed by atoms with Gasteiger partial charge in [0.25, 0.3) is 5.91 Å². The maximum absolute atomic E-state index is 14.8. The molecule has 2 bridgehead atoms. The first kappa shape index (κ1) is 17.9. The molecule has 5 fully saturated rings. The summed E-state index contributed by atoms with van der Waals surface area (Å²) in [5, 5.41) is 4.22. The van der Waals surface area contributed by atoms with Crippen molar-refractivity contribution in [2.45, 2.75) is 56.0 Å². The SMILES string of the molecule is Cl.O=C(N[C@@H]1C2CCN(CC2)C12CC2)c1cc2ccc(C3CC3)c(F)c2s1. The Bertz CT molecular complexity index is 912. The minimum Gasteiger partial charge on any atom is -0.346 e. The van der Waals surface area contributed by atoms with Gasteiger partial charge in [-0.2, -0.15) is 0 Å². The highest BCUT2D eigenvalue weighted by Gasteiger charge is 2.60. The molecule has 2 aromatic rings. The van der Waals surface area contributed by atoms with E-state index in [1.165, 1.54) is 50.1 Å². The number of thiophene rings is 1. The quantitative estimate of drug-likeness (QED) is 0.801. The first-order valence-electron chi connectivity index (χ1n) is 9.93. The van der Waals surface area contributed by atoms with Crippen LogP contribution in [-0.2, 0) is 0 Å². The molecule has 0 unspecified atom stereocenters. The highest BCUT2D eigenvalue weighted by molar-refractivity contribution is 7.20. The maximum Gasteiger partial charge on any atom is 0.261 e. The number of carbonyl (C=O) groups excluding carboxylic acids is 1. The molecule has 27 heavy (non-hydrogen) atoms. The highest BCUT2D eigenvalue weighted by atomic mass is 35.5. The first-order valence-corrected chi connectivity index (χ1v) is 10.8. The molecule has 3 saturated heterocycles. The summed E-state index contributed by atoms with van der Waals surface area (Å²) in [6.07, 6.45) is 6.98. The number of nitrogens with one attached hydrogen (secondary N) is 1. The van der Waals surface area contributed by atoms with E-state index in [4.69, 9.17) is 0 Å². The van der Waals surface area contributed by atoms with Crippen molar-refractivity contribution in [1.29, 1.82) is 0 Å². The van der Waals surface area contributed by atoms with Crippen molar-refractivity contribution in [2.24, 2.45) is 5.92 Å². The summed E-state index contributed by atoms with van der Waals surface area (Å²) in [5.41, 5.74) is 1.07. The predicted octanol–water partition coefficient (Wildman–Crippen LogP) is 4.70. The summed E-state index contributed by atoms with van der Waals surface area (Å²) >= 11 is 1.32. The minimum atomic E-state index is -0.101. The number of rotatable bonds is 3. The van der Waals surface area contributed by atoms with Gasteiger partial charge in [-0.3, -0.25) is 9.69 Å². The van der Waals surface area contributed by atoms with E-state index in [0.29, 0.717) is 21.4 Å². The molecule has 1 N–H and O–H groups in total. The number of hydrogen-bond acceptors (Lipinski definition) is 3. The van der Waals surface area contributed by atoms with E-state index in [1.54, 1.807) is 0 Å². The monoisotopic (exact) mass is 406 g/mol.